The number of anilines is 1. The molecule has 0 fully saturated rings. The molecule has 2 aromatic carbocycles. The van der Waals surface area contributed by atoms with Gasteiger partial charge in [-0.1, -0.05) is 24.3 Å². The Bertz CT molecular complexity index is 580. The van der Waals surface area contributed by atoms with Crippen molar-refractivity contribution < 1.29 is 8.78 Å². The lowest BCUT2D eigenvalue weighted by Gasteiger charge is -2.24. The summed E-state index contributed by atoms with van der Waals surface area (Å²) in [6, 6.07) is 10.8. The summed E-state index contributed by atoms with van der Waals surface area (Å²) in [5, 5.41) is 0. The highest BCUT2D eigenvalue weighted by Crippen LogP contribution is 2.28. The normalized spacial score (nSPS) is 12.2. The topological polar surface area (TPSA) is 29.3 Å². The largest absolute Gasteiger partial charge is 0.368 e. The minimum absolute atomic E-state index is 0.253. The molecule has 0 amide bonds. The van der Waals surface area contributed by atoms with Crippen LogP contribution in [0.1, 0.15) is 24.1 Å². The van der Waals surface area contributed by atoms with E-state index in [4.69, 9.17) is 5.73 Å². The SMILES string of the molecule is C[C@H](N)c1cccc(F)c1N(C)Cc1ccc(F)cc1. The fourth-order valence-electron chi connectivity index (χ4n) is 2.24. The first-order chi connectivity index (χ1) is 9.49. The summed E-state index contributed by atoms with van der Waals surface area (Å²) < 4.78 is 27.0. The second kappa shape index (κ2) is 6.01. The summed E-state index contributed by atoms with van der Waals surface area (Å²) in [5.74, 6) is -0.581. The molecule has 0 aliphatic carbocycles. The molecule has 1 atom stereocenters. The van der Waals surface area contributed by atoms with Crippen molar-refractivity contribution in [3.8, 4) is 0 Å². The standard InChI is InChI=1S/C16H18F2N2/c1-11(19)14-4-3-5-15(18)16(14)20(2)10-12-6-8-13(17)9-7-12/h3-9,11H,10,19H2,1-2H3/t11-/m0/s1. The lowest BCUT2D eigenvalue weighted by molar-refractivity contribution is 0.615. The maximum absolute atomic E-state index is 14.1. The molecular weight excluding hydrogens is 258 g/mol. The Hall–Kier alpha value is -1.94. The van der Waals surface area contributed by atoms with Gasteiger partial charge >= 0.3 is 0 Å². The van der Waals surface area contributed by atoms with Crippen molar-refractivity contribution in [2.45, 2.75) is 19.5 Å². The van der Waals surface area contributed by atoms with Crippen LogP contribution < -0.4 is 10.6 Å². The number of hydrogen-bond acceptors (Lipinski definition) is 2. The van der Waals surface area contributed by atoms with E-state index in [1.165, 1.54) is 18.2 Å². The third-order valence-electron chi connectivity index (χ3n) is 3.22. The molecule has 0 spiro atoms. The number of rotatable bonds is 4. The van der Waals surface area contributed by atoms with Gasteiger partial charge in [-0.25, -0.2) is 8.78 Å². The maximum atomic E-state index is 14.1. The van der Waals surface area contributed by atoms with Gasteiger partial charge in [0.05, 0.1) is 5.69 Å². The van der Waals surface area contributed by atoms with E-state index in [1.54, 1.807) is 30.1 Å². The molecular formula is C16H18F2N2. The molecule has 0 radical (unpaired) electrons. The predicted molar refractivity (Wildman–Crippen MR) is 77.5 cm³/mol. The summed E-state index contributed by atoms with van der Waals surface area (Å²) in [6.45, 7) is 2.31. The molecule has 2 nitrogen and oxygen atoms in total. The molecule has 0 aliphatic rings. The molecule has 2 rings (SSSR count). The Morgan fingerprint density at radius 3 is 2.35 bits per heavy atom. The molecule has 0 bridgehead atoms. The molecule has 0 unspecified atom stereocenters. The molecule has 4 heteroatoms. The highest BCUT2D eigenvalue weighted by atomic mass is 19.1. The Kier molecular flexibility index (Phi) is 4.35. The maximum Gasteiger partial charge on any atom is 0.146 e. The third-order valence-corrected chi connectivity index (χ3v) is 3.22. The second-order valence-corrected chi connectivity index (χ2v) is 4.95. The smallest absolute Gasteiger partial charge is 0.146 e. The molecule has 106 valence electrons. The van der Waals surface area contributed by atoms with Crippen molar-refractivity contribution >= 4 is 5.69 Å². The average Bonchev–Trinajstić information content (AvgIpc) is 2.40. The van der Waals surface area contributed by atoms with Crippen molar-refractivity contribution in [2.24, 2.45) is 5.73 Å². The fraction of sp³-hybridized carbons (Fsp3) is 0.250. The lowest BCUT2D eigenvalue weighted by Crippen LogP contribution is -2.21. The first-order valence-electron chi connectivity index (χ1n) is 6.48. The quantitative estimate of drug-likeness (QED) is 0.924. The number of nitrogens with zero attached hydrogens (tertiary/aromatic N) is 1. The highest BCUT2D eigenvalue weighted by molar-refractivity contribution is 5.55. The van der Waals surface area contributed by atoms with E-state index in [-0.39, 0.29) is 17.7 Å². The van der Waals surface area contributed by atoms with Crippen molar-refractivity contribution in [2.75, 3.05) is 11.9 Å². The minimum atomic E-state index is -0.301. The minimum Gasteiger partial charge on any atom is -0.368 e. The van der Waals surface area contributed by atoms with Crippen molar-refractivity contribution in [1.82, 2.24) is 0 Å². The van der Waals surface area contributed by atoms with Crippen LogP contribution in [0.2, 0.25) is 0 Å². The number of hydrogen-bond donors (Lipinski definition) is 1. The number of nitrogens with two attached hydrogens (primary N) is 1. The Morgan fingerprint density at radius 2 is 1.75 bits per heavy atom. The monoisotopic (exact) mass is 276 g/mol. The Labute approximate surface area is 117 Å². The fourth-order valence-corrected chi connectivity index (χ4v) is 2.24. The van der Waals surface area contributed by atoms with Gasteiger partial charge in [0.1, 0.15) is 11.6 Å². The molecule has 0 heterocycles. The first kappa shape index (κ1) is 14.5. The molecule has 0 aliphatic heterocycles. The lowest BCUT2D eigenvalue weighted by atomic mass is 10.0. The summed E-state index contributed by atoms with van der Waals surface area (Å²) in [4.78, 5) is 1.79. The zero-order valence-electron chi connectivity index (χ0n) is 11.6. The van der Waals surface area contributed by atoms with Gasteiger partial charge in [-0.05, 0) is 36.2 Å². The second-order valence-electron chi connectivity index (χ2n) is 4.95. The molecule has 0 saturated heterocycles. The Balaban J connectivity index is 2.29. The van der Waals surface area contributed by atoms with Crippen LogP contribution in [0.15, 0.2) is 42.5 Å². The predicted octanol–water partition coefficient (Wildman–Crippen LogP) is 3.62. The van der Waals surface area contributed by atoms with E-state index in [1.807, 2.05) is 13.0 Å². The van der Waals surface area contributed by atoms with E-state index in [0.717, 1.165) is 11.1 Å². The van der Waals surface area contributed by atoms with E-state index in [0.29, 0.717) is 12.2 Å². The molecule has 2 aromatic rings. The van der Waals surface area contributed by atoms with Crippen LogP contribution in [0.4, 0.5) is 14.5 Å². The van der Waals surface area contributed by atoms with Crippen LogP contribution in [-0.4, -0.2) is 7.05 Å². The summed E-state index contributed by atoms with van der Waals surface area (Å²) >= 11 is 0. The Morgan fingerprint density at radius 1 is 1.10 bits per heavy atom. The zero-order valence-corrected chi connectivity index (χ0v) is 11.6. The van der Waals surface area contributed by atoms with Crippen LogP contribution in [0.3, 0.4) is 0 Å². The van der Waals surface area contributed by atoms with Crippen LogP contribution in [0.5, 0.6) is 0 Å². The molecule has 0 saturated carbocycles. The number of benzene rings is 2. The van der Waals surface area contributed by atoms with Gasteiger partial charge in [-0.3, -0.25) is 0 Å². The van der Waals surface area contributed by atoms with Crippen LogP contribution in [0.25, 0.3) is 0 Å². The summed E-state index contributed by atoms with van der Waals surface area (Å²) in [7, 11) is 1.80. The van der Waals surface area contributed by atoms with E-state index in [9.17, 15) is 8.78 Å². The van der Waals surface area contributed by atoms with Crippen molar-refractivity contribution in [3.05, 3.63) is 65.2 Å². The van der Waals surface area contributed by atoms with Crippen LogP contribution in [0, 0.1) is 11.6 Å². The number of halogens is 2. The number of para-hydroxylation sites is 1. The third kappa shape index (κ3) is 3.14. The van der Waals surface area contributed by atoms with Crippen molar-refractivity contribution in [1.29, 1.82) is 0 Å². The van der Waals surface area contributed by atoms with Crippen LogP contribution >= 0.6 is 0 Å². The van der Waals surface area contributed by atoms with E-state index < -0.39 is 0 Å². The van der Waals surface area contributed by atoms with Crippen LogP contribution in [-0.2, 0) is 6.54 Å². The van der Waals surface area contributed by atoms with Gasteiger partial charge in [-0.15, -0.1) is 0 Å². The zero-order chi connectivity index (χ0) is 14.7. The van der Waals surface area contributed by atoms with E-state index >= 15 is 0 Å². The van der Waals surface area contributed by atoms with Gasteiger partial charge in [0.2, 0.25) is 0 Å². The molecule has 2 N–H and O–H groups in total. The van der Waals surface area contributed by atoms with Gasteiger partial charge in [0.25, 0.3) is 0 Å². The van der Waals surface area contributed by atoms with Gasteiger partial charge in [0, 0.05) is 19.6 Å². The van der Waals surface area contributed by atoms with Crippen molar-refractivity contribution in [3.63, 3.8) is 0 Å². The average molecular weight is 276 g/mol. The molecule has 20 heavy (non-hydrogen) atoms. The van der Waals surface area contributed by atoms with Gasteiger partial charge < -0.3 is 10.6 Å². The summed E-state index contributed by atoms with van der Waals surface area (Å²) in [6.07, 6.45) is 0. The molecule has 0 aromatic heterocycles. The summed E-state index contributed by atoms with van der Waals surface area (Å²) in [5.41, 5.74) is 8.05. The van der Waals surface area contributed by atoms with Gasteiger partial charge in [0.15, 0.2) is 0 Å². The van der Waals surface area contributed by atoms with Gasteiger partial charge in [-0.2, -0.15) is 0 Å². The first-order valence-corrected chi connectivity index (χ1v) is 6.48. The van der Waals surface area contributed by atoms with E-state index in [2.05, 4.69) is 0 Å². The highest BCUT2D eigenvalue weighted by Gasteiger charge is 2.15.